The Kier molecular flexibility index (Phi) is 3.50. The van der Waals surface area contributed by atoms with Crippen molar-refractivity contribution in [1.29, 1.82) is 0 Å². The summed E-state index contributed by atoms with van der Waals surface area (Å²) in [6.07, 6.45) is 1.19. The van der Waals surface area contributed by atoms with Crippen LogP contribution in [0.3, 0.4) is 0 Å². The standard InChI is InChI=1S/C14H15NO2S/c1-18(16,17)13-9-5-8-12(10-13)14(15)11-6-3-2-4-7-11/h2-10,14H,15H2,1H3/t14-/m0/s1. The summed E-state index contributed by atoms with van der Waals surface area (Å²) in [4.78, 5) is 0.298. The molecular weight excluding hydrogens is 246 g/mol. The summed E-state index contributed by atoms with van der Waals surface area (Å²) in [5.74, 6) is 0. The van der Waals surface area contributed by atoms with Crippen LogP contribution in [-0.2, 0) is 9.84 Å². The van der Waals surface area contributed by atoms with E-state index in [0.29, 0.717) is 4.90 Å². The first-order valence-corrected chi connectivity index (χ1v) is 7.48. The van der Waals surface area contributed by atoms with Crippen molar-refractivity contribution in [3.05, 3.63) is 65.7 Å². The van der Waals surface area contributed by atoms with Crippen LogP contribution in [0.25, 0.3) is 0 Å². The smallest absolute Gasteiger partial charge is 0.175 e. The number of benzene rings is 2. The Morgan fingerprint density at radius 1 is 0.944 bits per heavy atom. The normalized spacial score (nSPS) is 13.2. The lowest BCUT2D eigenvalue weighted by molar-refractivity contribution is 0.601. The summed E-state index contributed by atoms with van der Waals surface area (Å²) in [7, 11) is -3.20. The van der Waals surface area contributed by atoms with Crippen molar-refractivity contribution in [1.82, 2.24) is 0 Å². The highest BCUT2D eigenvalue weighted by atomic mass is 32.2. The first kappa shape index (κ1) is 12.8. The molecule has 0 aliphatic heterocycles. The molecule has 3 nitrogen and oxygen atoms in total. The highest BCUT2D eigenvalue weighted by Crippen LogP contribution is 2.21. The molecule has 0 bridgehead atoms. The van der Waals surface area contributed by atoms with E-state index in [-0.39, 0.29) is 6.04 Å². The fourth-order valence-corrected chi connectivity index (χ4v) is 2.47. The fourth-order valence-electron chi connectivity index (χ4n) is 1.79. The van der Waals surface area contributed by atoms with Gasteiger partial charge in [0.15, 0.2) is 9.84 Å². The van der Waals surface area contributed by atoms with Gasteiger partial charge in [0.25, 0.3) is 0 Å². The Morgan fingerprint density at radius 3 is 2.17 bits per heavy atom. The van der Waals surface area contributed by atoms with Crippen molar-refractivity contribution in [3.8, 4) is 0 Å². The maximum atomic E-state index is 11.5. The average Bonchev–Trinajstić information content (AvgIpc) is 2.38. The number of sulfone groups is 1. The van der Waals surface area contributed by atoms with Gasteiger partial charge < -0.3 is 5.73 Å². The molecule has 0 saturated heterocycles. The van der Waals surface area contributed by atoms with Gasteiger partial charge in [-0.25, -0.2) is 8.42 Å². The van der Waals surface area contributed by atoms with Crippen molar-refractivity contribution in [2.75, 3.05) is 6.26 Å². The Hall–Kier alpha value is -1.65. The van der Waals surface area contributed by atoms with Crippen LogP contribution in [0.4, 0.5) is 0 Å². The monoisotopic (exact) mass is 261 g/mol. The summed E-state index contributed by atoms with van der Waals surface area (Å²) in [5, 5.41) is 0. The molecule has 0 aromatic heterocycles. The van der Waals surface area contributed by atoms with Gasteiger partial charge in [-0.3, -0.25) is 0 Å². The van der Waals surface area contributed by atoms with Gasteiger partial charge in [-0.1, -0.05) is 42.5 Å². The van der Waals surface area contributed by atoms with E-state index < -0.39 is 9.84 Å². The molecule has 2 aromatic carbocycles. The Labute approximate surface area is 107 Å². The third kappa shape index (κ3) is 2.78. The van der Waals surface area contributed by atoms with Gasteiger partial charge in [0.2, 0.25) is 0 Å². The van der Waals surface area contributed by atoms with E-state index in [4.69, 9.17) is 5.73 Å². The summed E-state index contributed by atoms with van der Waals surface area (Å²) >= 11 is 0. The van der Waals surface area contributed by atoms with Crippen LogP contribution in [0.1, 0.15) is 17.2 Å². The van der Waals surface area contributed by atoms with Crippen LogP contribution in [0.2, 0.25) is 0 Å². The van der Waals surface area contributed by atoms with Gasteiger partial charge in [-0.2, -0.15) is 0 Å². The van der Waals surface area contributed by atoms with E-state index >= 15 is 0 Å². The molecule has 1 atom stereocenters. The molecule has 2 N–H and O–H groups in total. The largest absolute Gasteiger partial charge is 0.320 e. The molecule has 0 fully saturated rings. The molecule has 0 aliphatic rings. The summed E-state index contributed by atoms with van der Waals surface area (Å²) in [6.45, 7) is 0. The van der Waals surface area contributed by atoms with E-state index in [1.54, 1.807) is 18.2 Å². The van der Waals surface area contributed by atoms with Gasteiger partial charge in [-0.05, 0) is 23.3 Å². The molecule has 2 rings (SSSR count). The molecule has 0 saturated carbocycles. The number of nitrogens with two attached hydrogens (primary N) is 1. The van der Waals surface area contributed by atoms with Gasteiger partial charge in [0.1, 0.15) is 0 Å². The Bertz CT molecular complexity index is 636. The summed E-state index contributed by atoms with van der Waals surface area (Å²) < 4.78 is 23.0. The topological polar surface area (TPSA) is 60.2 Å². The highest BCUT2D eigenvalue weighted by Gasteiger charge is 2.12. The first-order valence-electron chi connectivity index (χ1n) is 5.59. The zero-order valence-corrected chi connectivity index (χ0v) is 10.9. The second kappa shape index (κ2) is 4.92. The van der Waals surface area contributed by atoms with Crippen LogP contribution in [-0.4, -0.2) is 14.7 Å². The lowest BCUT2D eigenvalue weighted by Gasteiger charge is -2.13. The molecule has 18 heavy (non-hydrogen) atoms. The molecular formula is C14H15NO2S. The van der Waals surface area contributed by atoms with Gasteiger partial charge in [0.05, 0.1) is 10.9 Å². The van der Waals surface area contributed by atoms with Crippen molar-refractivity contribution in [2.24, 2.45) is 5.73 Å². The lowest BCUT2D eigenvalue weighted by atomic mass is 10.00. The van der Waals surface area contributed by atoms with Crippen LogP contribution in [0, 0.1) is 0 Å². The number of hydrogen-bond donors (Lipinski definition) is 1. The summed E-state index contributed by atoms with van der Waals surface area (Å²) in [5.41, 5.74) is 7.89. The minimum absolute atomic E-state index is 0.298. The molecule has 0 radical (unpaired) electrons. The maximum Gasteiger partial charge on any atom is 0.175 e. The molecule has 2 aromatic rings. The summed E-state index contributed by atoms with van der Waals surface area (Å²) in [6, 6.07) is 16.1. The van der Waals surface area contributed by atoms with E-state index in [0.717, 1.165) is 11.1 Å². The average molecular weight is 261 g/mol. The predicted octanol–water partition coefficient (Wildman–Crippen LogP) is 2.14. The predicted molar refractivity (Wildman–Crippen MR) is 72.0 cm³/mol. The molecule has 4 heteroatoms. The van der Waals surface area contributed by atoms with E-state index in [1.807, 2.05) is 36.4 Å². The zero-order valence-electron chi connectivity index (χ0n) is 10.1. The fraction of sp³-hybridized carbons (Fsp3) is 0.143. The minimum Gasteiger partial charge on any atom is -0.320 e. The highest BCUT2D eigenvalue weighted by molar-refractivity contribution is 7.90. The van der Waals surface area contributed by atoms with Gasteiger partial charge in [0, 0.05) is 6.26 Å². The van der Waals surface area contributed by atoms with Crippen molar-refractivity contribution in [3.63, 3.8) is 0 Å². The number of rotatable bonds is 3. The molecule has 0 unspecified atom stereocenters. The van der Waals surface area contributed by atoms with Crippen LogP contribution in [0.5, 0.6) is 0 Å². The van der Waals surface area contributed by atoms with Crippen LogP contribution >= 0.6 is 0 Å². The van der Waals surface area contributed by atoms with E-state index in [9.17, 15) is 8.42 Å². The first-order chi connectivity index (χ1) is 8.48. The molecule has 0 aliphatic carbocycles. The molecule has 94 valence electrons. The van der Waals surface area contributed by atoms with Gasteiger partial charge in [-0.15, -0.1) is 0 Å². The SMILES string of the molecule is CS(=O)(=O)c1cccc([C@@H](N)c2ccccc2)c1. The maximum absolute atomic E-state index is 11.5. The quantitative estimate of drug-likeness (QED) is 0.920. The number of hydrogen-bond acceptors (Lipinski definition) is 3. The van der Waals surface area contributed by atoms with Crippen molar-refractivity contribution in [2.45, 2.75) is 10.9 Å². The van der Waals surface area contributed by atoms with Crippen LogP contribution < -0.4 is 5.73 Å². The second-order valence-electron chi connectivity index (χ2n) is 4.23. The van der Waals surface area contributed by atoms with Gasteiger partial charge >= 0.3 is 0 Å². The minimum atomic E-state index is -3.20. The molecule has 0 spiro atoms. The zero-order chi connectivity index (χ0) is 13.2. The van der Waals surface area contributed by atoms with Crippen molar-refractivity contribution >= 4 is 9.84 Å². The third-order valence-electron chi connectivity index (χ3n) is 2.80. The van der Waals surface area contributed by atoms with Crippen molar-refractivity contribution < 1.29 is 8.42 Å². The van der Waals surface area contributed by atoms with E-state index in [2.05, 4.69) is 0 Å². The Morgan fingerprint density at radius 2 is 1.56 bits per heavy atom. The molecule has 0 heterocycles. The Balaban J connectivity index is 2.41. The lowest BCUT2D eigenvalue weighted by Crippen LogP contribution is -2.12. The molecule has 0 amide bonds. The third-order valence-corrected chi connectivity index (χ3v) is 3.91. The van der Waals surface area contributed by atoms with E-state index in [1.165, 1.54) is 6.26 Å². The van der Waals surface area contributed by atoms with Crippen LogP contribution in [0.15, 0.2) is 59.5 Å². The second-order valence-corrected chi connectivity index (χ2v) is 6.25.